The molecule has 0 amide bonds. The molecule has 66 valence electrons. The van der Waals surface area contributed by atoms with Gasteiger partial charge in [-0.2, -0.15) is 0 Å². The van der Waals surface area contributed by atoms with Gasteiger partial charge in [-0.05, 0) is 11.3 Å². The van der Waals surface area contributed by atoms with Gasteiger partial charge >= 0.3 is 0 Å². The van der Waals surface area contributed by atoms with E-state index in [0.29, 0.717) is 10.8 Å². The van der Waals surface area contributed by atoms with Crippen LogP contribution in [-0.4, -0.2) is 24.5 Å². The maximum absolute atomic E-state index is 5.89. The number of hydrogen-bond acceptors (Lipinski definition) is 2. The molecule has 1 aromatic carbocycles. The lowest BCUT2D eigenvalue weighted by Gasteiger charge is -2.11. The van der Waals surface area contributed by atoms with Crippen molar-refractivity contribution in [3.8, 4) is 11.5 Å². The summed E-state index contributed by atoms with van der Waals surface area (Å²) in [5, 5.41) is 1.74. The van der Waals surface area contributed by atoms with E-state index in [1.54, 1.807) is 14.2 Å². The van der Waals surface area contributed by atoms with E-state index in [0.717, 1.165) is 21.2 Å². The SMILES string of the molecule is COc1c([SiH3])ccc(Cl)c1OC. The first-order chi connectivity index (χ1) is 5.70. The Bertz CT molecular complexity index is 260. The van der Waals surface area contributed by atoms with Gasteiger partial charge in [0, 0.05) is 10.2 Å². The quantitative estimate of drug-likeness (QED) is 0.645. The van der Waals surface area contributed by atoms with E-state index in [-0.39, 0.29) is 0 Å². The Hall–Kier alpha value is -0.673. The van der Waals surface area contributed by atoms with E-state index in [9.17, 15) is 0 Å². The molecule has 0 aliphatic heterocycles. The second-order valence-corrected chi connectivity index (χ2v) is 3.92. The van der Waals surface area contributed by atoms with Crippen molar-refractivity contribution in [2.75, 3.05) is 14.2 Å². The first-order valence-electron chi connectivity index (χ1n) is 3.57. The molecule has 0 unspecified atom stereocenters. The molecule has 4 heteroatoms. The number of methoxy groups -OCH3 is 2. The molecular weight excluding hydrogens is 192 g/mol. The summed E-state index contributed by atoms with van der Waals surface area (Å²) in [6, 6.07) is 3.78. The Morgan fingerprint density at radius 3 is 2.17 bits per heavy atom. The Kier molecular flexibility index (Phi) is 3.00. The third-order valence-electron chi connectivity index (χ3n) is 1.67. The lowest BCUT2D eigenvalue weighted by atomic mass is 10.3. The van der Waals surface area contributed by atoms with Gasteiger partial charge in [-0.15, -0.1) is 0 Å². The van der Waals surface area contributed by atoms with Crippen LogP contribution in [0.4, 0.5) is 0 Å². The first kappa shape index (κ1) is 9.42. The highest BCUT2D eigenvalue weighted by Gasteiger charge is 2.09. The lowest BCUT2D eigenvalue weighted by Crippen LogP contribution is -2.08. The van der Waals surface area contributed by atoms with Crippen molar-refractivity contribution in [3.05, 3.63) is 17.2 Å². The second-order valence-electron chi connectivity index (χ2n) is 2.43. The largest absolute Gasteiger partial charge is 0.493 e. The van der Waals surface area contributed by atoms with Crippen LogP contribution in [0.15, 0.2) is 12.1 Å². The van der Waals surface area contributed by atoms with Crippen molar-refractivity contribution < 1.29 is 9.47 Å². The molecule has 0 spiro atoms. The Morgan fingerprint density at radius 2 is 1.75 bits per heavy atom. The molecule has 0 bridgehead atoms. The van der Waals surface area contributed by atoms with Gasteiger partial charge in [-0.1, -0.05) is 17.7 Å². The molecule has 0 aliphatic rings. The van der Waals surface area contributed by atoms with Crippen LogP contribution < -0.4 is 14.7 Å². The predicted octanol–water partition coefficient (Wildman–Crippen LogP) is 0.348. The van der Waals surface area contributed by atoms with Gasteiger partial charge in [0.2, 0.25) is 0 Å². The molecule has 1 rings (SSSR count). The maximum Gasteiger partial charge on any atom is 0.179 e. The average molecular weight is 203 g/mol. The third kappa shape index (κ3) is 1.57. The van der Waals surface area contributed by atoms with Crippen molar-refractivity contribution in [2.24, 2.45) is 0 Å². The number of halogens is 1. The van der Waals surface area contributed by atoms with E-state index < -0.39 is 0 Å². The van der Waals surface area contributed by atoms with Crippen LogP contribution in [0.25, 0.3) is 0 Å². The van der Waals surface area contributed by atoms with Crippen LogP contribution in [0, 0.1) is 0 Å². The highest BCUT2D eigenvalue weighted by atomic mass is 35.5. The minimum Gasteiger partial charge on any atom is -0.493 e. The van der Waals surface area contributed by atoms with Crippen molar-refractivity contribution >= 4 is 27.0 Å². The topological polar surface area (TPSA) is 18.5 Å². The van der Waals surface area contributed by atoms with Crippen molar-refractivity contribution in [2.45, 2.75) is 0 Å². The van der Waals surface area contributed by atoms with Gasteiger partial charge in [0.05, 0.1) is 19.2 Å². The van der Waals surface area contributed by atoms with Gasteiger partial charge in [0.25, 0.3) is 0 Å². The Labute approximate surface area is 79.9 Å². The highest BCUT2D eigenvalue weighted by Crippen LogP contribution is 2.32. The van der Waals surface area contributed by atoms with Crippen LogP contribution in [0.5, 0.6) is 11.5 Å². The fraction of sp³-hybridized carbons (Fsp3) is 0.250. The van der Waals surface area contributed by atoms with Gasteiger partial charge < -0.3 is 9.47 Å². The third-order valence-corrected chi connectivity index (χ3v) is 2.75. The summed E-state index contributed by atoms with van der Waals surface area (Å²) in [4.78, 5) is 0. The van der Waals surface area contributed by atoms with E-state index in [2.05, 4.69) is 0 Å². The number of ether oxygens (including phenoxy) is 2. The van der Waals surface area contributed by atoms with Crippen LogP contribution in [0.2, 0.25) is 5.02 Å². The normalized spacial score (nSPS) is 9.92. The minimum atomic E-state index is 0.592. The lowest BCUT2D eigenvalue weighted by molar-refractivity contribution is 0.357. The van der Waals surface area contributed by atoms with Crippen molar-refractivity contribution in [1.82, 2.24) is 0 Å². The van der Waals surface area contributed by atoms with E-state index in [1.165, 1.54) is 0 Å². The number of hydrogen-bond donors (Lipinski definition) is 0. The molecule has 0 atom stereocenters. The summed E-state index contributed by atoms with van der Waals surface area (Å²) in [5.41, 5.74) is 0. The molecule has 0 saturated carbocycles. The second kappa shape index (κ2) is 3.82. The summed E-state index contributed by atoms with van der Waals surface area (Å²) in [5.74, 6) is 1.39. The van der Waals surface area contributed by atoms with Crippen molar-refractivity contribution in [3.63, 3.8) is 0 Å². The van der Waals surface area contributed by atoms with Crippen LogP contribution in [0.1, 0.15) is 0 Å². The van der Waals surface area contributed by atoms with Crippen LogP contribution in [-0.2, 0) is 0 Å². The molecular formula is C8H11ClO2Si. The van der Waals surface area contributed by atoms with Gasteiger partial charge in [0.15, 0.2) is 11.5 Å². The summed E-state index contributed by atoms with van der Waals surface area (Å²) < 4.78 is 10.3. The molecule has 0 fully saturated rings. The average Bonchev–Trinajstić information content (AvgIpc) is 2.08. The van der Waals surface area contributed by atoms with E-state index in [1.807, 2.05) is 12.1 Å². The summed E-state index contributed by atoms with van der Waals surface area (Å²) in [6.45, 7) is 0. The summed E-state index contributed by atoms with van der Waals surface area (Å²) in [6.07, 6.45) is 0. The number of benzene rings is 1. The molecule has 2 nitrogen and oxygen atoms in total. The monoisotopic (exact) mass is 202 g/mol. The van der Waals surface area contributed by atoms with Gasteiger partial charge in [-0.25, -0.2) is 0 Å². The standard InChI is InChI=1S/C8H11ClO2Si/c1-10-7-5(9)3-4-6(12)8(7)11-2/h3-4H,1-2,12H3. The molecule has 12 heavy (non-hydrogen) atoms. The molecule has 0 N–H and O–H groups in total. The summed E-state index contributed by atoms with van der Waals surface area (Å²) >= 11 is 5.89. The molecule has 0 aliphatic carbocycles. The zero-order valence-electron chi connectivity index (χ0n) is 7.35. The molecule has 0 saturated heterocycles. The molecule has 0 radical (unpaired) electrons. The van der Waals surface area contributed by atoms with Crippen LogP contribution >= 0.6 is 11.6 Å². The zero-order chi connectivity index (χ0) is 9.14. The molecule has 0 aromatic heterocycles. The van der Waals surface area contributed by atoms with Crippen molar-refractivity contribution in [1.29, 1.82) is 0 Å². The minimum absolute atomic E-state index is 0.592. The van der Waals surface area contributed by atoms with Crippen LogP contribution in [0.3, 0.4) is 0 Å². The highest BCUT2D eigenvalue weighted by molar-refractivity contribution is 6.37. The smallest absolute Gasteiger partial charge is 0.179 e. The van der Waals surface area contributed by atoms with Gasteiger partial charge in [0.1, 0.15) is 0 Å². The fourth-order valence-electron chi connectivity index (χ4n) is 1.08. The van der Waals surface area contributed by atoms with Gasteiger partial charge in [-0.3, -0.25) is 0 Å². The molecule has 0 heterocycles. The predicted molar refractivity (Wildman–Crippen MR) is 54.1 cm³/mol. The summed E-state index contributed by atoms with van der Waals surface area (Å²) in [7, 11) is 4.13. The fourth-order valence-corrected chi connectivity index (χ4v) is 1.90. The Balaban J connectivity index is 3.28. The number of rotatable bonds is 2. The molecule has 1 aromatic rings. The van der Waals surface area contributed by atoms with E-state index >= 15 is 0 Å². The van der Waals surface area contributed by atoms with E-state index in [4.69, 9.17) is 21.1 Å². The zero-order valence-corrected chi connectivity index (χ0v) is 10.1. The first-order valence-corrected chi connectivity index (χ1v) is 4.95. The maximum atomic E-state index is 5.89. The Morgan fingerprint density at radius 1 is 1.17 bits per heavy atom.